The number of amidine groups is 1. The summed E-state index contributed by atoms with van der Waals surface area (Å²) in [4.78, 5) is 30.9. The van der Waals surface area contributed by atoms with Crippen LogP contribution in [0.15, 0.2) is 52.5 Å². The molecule has 2 N–H and O–H groups in total. The number of nitrogens with zero attached hydrogens (tertiary/aromatic N) is 4. The van der Waals surface area contributed by atoms with Gasteiger partial charge in [-0.15, -0.1) is 0 Å². The molecule has 0 bridgehead atoms. The summed E-state index contributed by atoms with van der Waals surface area (Å²) in [5.41, 5.74) is 5.19. The summed E-state index contributed by atoms with van der Waals surface area (Å²) in [7, 11) is 0. The van der Waals surface area contributed by atoms with Crippen LogP contribution in [0.5, 0.6) is 0 Å². The summed E-state index contributed by atoms with van der Waals surface area (Å²) in [5.74, 6) is -0.0775. The maximum absolute atomic E-state index is 13.6. The highest BCUT2D eigenvalue weighted by Crippen LogP contribution is 2.36. The van der Waals surface area contributed by atoms with Gasteiger partial charge in [-0.25, -0.2) is 4.79 Å². The Bertz CT molecular complexity index is 1600. The van der Waals surface area contributed by atoms with Gasteiger partial charge >= 0.3 is 12.3 Å². The Morgan fingerprint density at radius 3 is 2.76 bits per heavy atom. The number of ether oxygens (including phenoxy) is 1. The van der Waals surface area contributed by atoms with E-state index in [2.05, 4.69) is 15.0 Å². The third-order valence-electron chi connectivity index (χ3n) is 7.22. The number of alkyl halides is 3. The fraction of sp³-hybridized carbons (Fsp3) is 0.379. The van der Waals surface area contributed by atoms with Gasteiger partial charge < -0.3 is 15.4 Å². The molecule has 8 nitrogen and oxygen atoms in total. The van der Waals surface area contributed by atoms with Crippen LogP contribution in [0.3, 0.4) is 0 Å². The number of fused-ring (bicyclic) bond motifs is 1. The molecule has 2 aliphatic rings. The molecule has 1 unspecified atom stereocenters. The number of amides is 2. The van der Waals surface area contributed by atoms with Crippen molar-refractivity contribution in [3.8, 4) is 0 Å². The number of thioether (sulfide) groups is 1. The number of primary amides is 1. The molecular weight excluding hydrogens is 591 g/mol. The highest BCUT2D eigenvalue weighted by atomic mass is 35.5. The van der Waals surface area contributed by atoms with Gasteiger partial charge in [-0.05, 0) is 92.3 Å². The van der Waals surface area contributed by atoms with Gasteiger partial charge in [0.2, 0.25) is 0 Å². The van der Waals surface area contributed by atoms with E-state index >= 15 is 0 Å². The van der Waals surface area contributed by atoms with Crippen LogP contribution in [-0.2, 0) is 22.3 Å². The van der Waals surface area contributed by atoms with Crippen molar-refractivity contribution in [3.05, 3.63) is 69.2 Å². The Hall–Kier alpha value is -3.51. The molecule has 1 aromatic heterocycles. The van der Waals surface area contributed by atoms with Crippen LogP contribution < -0.4 is 5.73 Å². The van der Waals surface area contributed by atoms with Crippen LogP contribution >= 0.6 is 23.4 Å². The largest absolute Gasteiger partial charge is 0.444 e. The molecule has 1 atom stereocenters. The second-order valence-corrected chi connectivity index (χ2v) is 12.5. The first-order valence-electron chi connectivity index (χ1n) is 13.3. The Labute approximate surface area is 249 Å². The Morgan fingerprint density at radius 1 is 1.24 bits per heavy atom. The van der Waals surface area contributed by atoms with E-state index < -0.39 is 23.4 Å². The number of aliphatic imine (C=N–C) groups is 1. The average molecular weight is 620 g/mol. The maximum atomic E-state index is 13.6. The predicted molar refractivity (Wildman–Crippen MR) is 157 cm³/mol. The van der Waals surface area contributed by atoms with E-state index in [9.17, 15) is 22.8 Å². The molecule has 3 aromatic rings. The number of rotatable bonds is 6. The number of hydrogen-bond donors (Lipinski definition) is 1. The molecule has 0 saturated carbocycles. The summed E-state index contributed by atoms with van der Waals surface area (Å²) in [5, 5.41) is 5.68. The van der Waals surface area contributed by atoms with Crippen LogP contribution in [-0.4, -0.2) is 50.5 Å². The molecule has 0 radical (unpaired) electrons. The van der Waals surface area contributed by atoms with E-state index in [0.717, 1.165) is 36.4 Å². The Morgan fingerprint density at radius 2 is 2.02 bits per heavy atom. The number of aromatic nitrogens is 2. The van der Waals surface area contributed by atoms with Gasteiger partial charge in [0.1, 0.15) is 5.60 Å². The van der Waals surface area contributed by atoms with Crippen molar-refractivity contribution in [3.63, 3.8) is 0 Å². The highest BCUT2D eigenvalue weighted by Gasteiger charge is 2.35. The molecule has 13 heteroatoms. The predicted octanol–water partition coefficient (Wildman–Crippen LogP) is 6.70. The lowest BCUT2D eigenvalue weighted by Crippen LogP contribution is -2.42. The SMILES string of the molecule is CC(C)(CC1CCCN(C2=NC(=O)C(=Cc3ccc4c(cnn4Cc4ccc(Cl)cc4C(F)(F)F)c3)S2)C1)OC(N)=O. The van der Waals surface area contributed by atoms with E-state index in [1.165, 1.54) is 28.6 Å². The van der Waals surface area contributed by atoms with Crippen molar-refractivity contribution in [1.29, 1.82) is 0 Å². The standard InChI is InChI=1S/C29H29ClF3N5O3S/c1-28(2,41-26(34)40)13-18-4-3-9-37(15-18)27-36-25(39)24(42-27)11-17-5-8-23-20(10-17)14-35-38(23)16-19-6-7-21(30)12-22(19)29(31,32)33/h5-8,10-12,14,18H,3-4,9,13,15-16H2,1-2H3,(H2,34,40). The lowest BCUT2D eigenvalue weighted by atomic mass is 9.87. The fourth-order valence-corrected chi connectivity index (χ4v) is 6.65. The molecular formula is C29H29ClF3N5O3S. The second-order valence-electron chi connectivity index (χ2n) is 11.1. The monoisotopic (exact) mass is 619 g/mol. The summed E-state index contributed by atoms with van der Waals surface area (Å²) in [6.45, 7) is 5.05. The Balaban J connectivity index is 1.28. The topological polar surface area (TPSA) is 103 Å². The zero-order valence-electron chi connectivity index (χ0n) is 22.9. The average Bonchev–Trinajstić information content (AvgIpc) is 3.46. The van der Waals surface area contributed by atoms with Crippen molar-refractivity contribution >= 4 is 57.5 Å². The number of hydrogen-bond acceptors (Lipinski definition) is 6. The molecule has 3 heterocycles. The van der Waals surface area contributed by atoms with E-state index in [4.69, 9.17) is 22.1 Å². The molecule has 222 valence electrons. The number of likely N-dealkylation sites (tertiary alicyclic amines) is 1. The van der Waals surface area contributed by atoms with Crippen LogP contribution in [0, 0.1) is 5.92 Å². The number of carbonyl (C=O) groups is 2. The number of carbonyl (C=O) groups excluding carboxylic acids is 2. The van der Waals surface area contributed by atoms with Gasteiger partial charge in [0, 0.05) is 23.5 Å². The normalized spacial score (nSPS) is 19.0. The lowest BCUT2D eigenvalue weighted by molar-refractivity contribution is -0.138. The van der Waals surface area contributed by atoms with Gasteiger partial charge in [0.25, 0.3) is 5.91 Å². The molecule has 2 aromatic carbocycles. The van der Waals surface area contributed by atoms with Crippen LogP contribution in [0.2, 0.25) is 5.02 Å². The summed E-state index contributed by atoms with van der Waals surface area (Å²) in [6.07, 6.45) is 0.539. The summed E-state index contributed by atoms with van der Waals surface area (Å²) >= 11 is 7.12. The maximum Gasteiger partial charge on any atom is 0.416 e. The van der Waals surface area contributed by atoms with Gasteiger partial charge in [-0.2, -0.15) is 23.3 Å². The van der Waals surface area contributed by atoms with Gasteiger partial charge in [0.15, 0.2) is 5.17 Å². The van der Waals surface area contributed by atoms with E-state index in [1.807, 2.05) is 19.9 Å². The quantitative estimate of drug-likeness (QED) is 0.308. The minimum absolute atomic E-state index is 0.0133. The summed E-state index contributed by atoms with van der Waals surface area (Å²) in [6, 6.07) is 9.11. The number of piperidine rings is 1. The lowest BCUT2D eigenvalue weighted by Gasteiger charge is -2.37. The molecule has 2 aliphatic heterocycles. The Kier molecular flexibility index (Phi) is 8.30. The molecule has 2 amide bonds. The first-order valence-corrected chi connectivity index (χ1v) is 14.5. The van der Waals surface area contributed by atoms with Crippen molar-refractivity contribution in [2.45, 2.75) is 51.4 Å². The molecule has 1 saturated heterocycles. The molecule has 0 aliphatic carbocycles. The van der Waals surface area contributed by atoms with Crippen molar-refractivity contribution < 1.29 is 27.5 Å². The van der Waals surface area contributed by atoms with Crippen molar-refractivity contribution in [2.24, 2.45) is 16.6 Å². The number of nitrogens with two attached hydrogens (primary N) is 1. The first-order chi connectivity index (χ1) is 19.8. The van der Waals surface area contributed by atoms with E-state index in [0.29, 0.717) is 28.6 Å². The third kappa shape index (κ3) is 6.92. The fourth-order valence-electron chi connectivity index (χ4n) is 5.53. The molecule has 0 spiro atoms. The first kappa shape index (κ1) is 30.0. The minimum atomic E-state index is -4.54. The highest BCUT2D eigenvalue weighted by molar-refractivity contribution is 8.18. The zero-order valence-corrected chi connectivity index (χ0v) is 24.5. The van der Waals surface area contributed by atoms with Crippen molar-refractivity contribution in [2.75, 3.05) is 13.1 Å². The van der Waals surface area contributed by atoms with E-state index in [1.54, 1.807) is 24.4 Å². The number of halogens is 4. The van der Waals surface area contributed by atoms with Crippen LogP contribution in [0.25, 0.3) is 17.0 Å². The minimum Gasteiger partial charge on any atom is -0.444 e. The van der Waals surface area contributed by atoms with Gasteiger partial charge in [-0.1, -0.05) is 23.7 Å². The zero-order chi connectivity index (χ0) is 30.2. The van der Waals surface area contributed by atoms with Gasteiger partial charge in [-0.3, -0.25) is 9.48 Å². The molecule has 5 rings (SSSR count). The smallest absolute Gasteiger partial charge is 0.416 e. The second kappa shape index (κ2) is 11.6. The molecule has 1 fully saturated rings. The summed E-state index contributed by atoms with van der Waals surface area (Å²) < 4.78 is 47.4. The molecule has 42 heavy (non-hydrogen) atoms. The number of benzene rings is 2. The van der Waals surface area contributed by atoms with Crippen molar-refractivity contribution in [1.82, 2.24) is 14.7 Å². The van der Waals surface area contributed by atoms with Crippen LogP contribution in [0.1, 0.15) is 49.8 Å². The third-order valence-corrected chi connectivity index (χ3v) is 8.50. The van der Waals surface area contributed by atoms with E-state index in [-0.39, 0.29) is 29.0 Å². The van der Waals surface area contributed by atoms with Gasteiger partial charge in [0.05, 0.1) is 28.7 Å². The van der Waals surface area contributed by atoms with Crippen LogP contribution in [0.4, 0.5) is 18.0 Å².